The second-order valence-electron chi connectivity index (χ2n) is 19.6. The van der Waals surface area contributed by atoms with Gasteiger partial charge in [-0.05, 0) is 121 Å². The van der Waals surface area contributed by atoms with E-state index in [2.05, 4.69) is 5.32 Å². The average Bonchev–Trinajstić information content (AvgIpc) is 3.36. The van der Waals surface area contributed by atoms with Crippen molar-refractivity contribution in [2.24, 2.45) is 0 Å². The van der Waals surface area contributed by atoms with E-state index >= 15 is 0 Å². The topological polar surface area (TPSA) is 204 Å². The van der Waals surface area contributed by atoms with Gasteiger partial charge in [0.25, 0.3) is 5.91 Å². The molecule has 15 heteroatoms. The van der Waals surface area contributed by atoms with Crippen LogP contribution in [-0.2, 0) is 37.9 Å². The highest BCUT2D eigenvalue weighted by Crippen LogP contribution is 2.39. The van der Waals surface area contributed by atoms with Gasteiger partial charge in [0.05, 0.1) is 68.1 Å². The van der Waals surface area contributed by atoms with Gasteiger partial charge in [0.2, 0.25) is 0 Å². The minimum absolute atomic E-state index is 0.0399. The summed E-state index contributed by atoms with van der Waals surface area (Å²) in [5.74, 6) is 0.133. The lowest BCUT2D eigenvalue weighted by Gasteiger charge is -2.38. The van der Waals surface area contributed by atoms with E-state index in [1.165, 1.54) is 0 Å². The molecule has 4 aromatic carbocycles. The second-order valence-corrected chi connectivity index (χ2v) is 19.6. The molecule has 13 unspecified atom stereocenters. The molecule has 4 aromatic rings. The van der Waals surface area contributed by atoms with Crippen LogP contribution in [0.15, 0.2) is 103 Å². The molecule has 0 bridgehead atoms. The van der Waals surface area contributed by atoms with Crippen molar-refractivity contribution in [3.05, 3.63) is 125 Å². The number of carbonyl (C=O) groups is 1. The molecule has 0 saturated carbocycles. The summed E-state index contributed by atoms with van der Waals surface area (Å²) in [7, 11) is 0. The fraction of sp³-hybridized carbons (Fsp3) is 0.554. The maximum atomic E-state index is 13.0. The Kier molecular flexibility index (Phi) is 19.5. The van der Waals surface area contributed by atoms with Crippen LogP contribution < -0.4 is 5.32 Å². The van der Waals surface area contributed by atoms with Crippen LogP contribution in [0.3, 0.4) is 0 Å². The van der Waals surface area contributed by atoms with E-state index in [1.807, 2.05) is 49.4 Å². The lowest BCUT2D eigenvalue weighted by molar-refractivity contribution is -0.251. The number of rotatable bonds is 22. The number of benzene rings is 4. The molecule has 0 spiro atoms. The number of aliphatic hydroxyl groups is 2. The van der Waals surface area contributed by atoms with Gasteiger partial charge < -0.3 is 68.7 Å². The molecule has 4 aliphatic heterocycles. The van der Waals surface area contributed by atoms with E-state index in [9.17, 15) is 30.3 Å². The summed E-state index contributed by atoms with van der Waals surface area (Å²) in [5, 5.41) is 57.0. The van der Waals surface area contributed by atoms with Gasteiger partial charge in [-0.25, -0.2) is 0 Å². The van der Waals surface area contributed by atoms with Gasteiger partial charge in [0, 0.05) is 35.1 Å². The third kappa shape index (κ3) is 15.7. The highest BCUT2D eigenvalue weighted by atomic mass is 16.7. The Morgan fingerprint density at radius 3 is 1.58 bits per heavy atom. The summed E-state index contributed by atoms with van der Waals surface area (Å²) in [6.45, 7) is 2.65. The molecule has 4 heterocycles. The van der Waals surface area contributed by atoms with Crippen LogP contribution in [0.4, 0.5) is 0 Å². The Hall–Kier alpha value is -4.65. The Labute approximate surface area is 417 Å². The van der Waals surface area contributed by atoms with Crippen molar-refractivity contribution in [3.8, 4) is 17.2 Å². The smallest absolute Gasteiger partial charge is 0.251 e. The van der Waals surface area contributed by atoms with Gasteiger partial charge in [0.15, 0.2) is 25.2 Å². The van der Waals surface area contributed by atoms with Crippen LogP contribution in [0.2, 0.25) is 0 Å². The number of nitrogens with one attached hydrogen (secondary N) is 1. The van der Waals surface area contributed by atoms with Crippen molar-refractivity contribution in [2.45, 2.75) is 183 Å². The lowest BCUT2D eigenvalue weighted by atomic mass is 9.95. The van der Waals surface area contributed by atoms with Crippen molar-refractivity contribution in [1.29, 1.82) is 0 Å². The molecule has 13 atom stereocenters. The van der Waals surface area contributed by atoms with Crippen LogP contribution in [0, 0.1) is 0 Å². The van der Waals surface area contributed by atoms with E-state index in [-0.39, 0.29) is 72.4 Å². The summed E-state index contributed by atoms with van der Waals surface area (Å²) in [6.07, 6.45) is 4.48. The van der Waals surface area contributed by atoms with Crippen molar-refractivity contribution in [2.75, 3.05) is 13.2 Å². The second kappa shape index (κ2) is 26.3. The third-order valence-electron chi connectivity index (χ3n) is 14.0. The molecular weight excluding hydrogens is 911 g/mol. The first-order valence-corrected chi connectivity index (χ1v) is 25.8. The zero-order chi connectivity index (χ0) is 49.5. The number of aliphatic hydroxyl groups excluding tert-OH is 2. The van der Waals surface area contributed by atoms with Crippen molar-refractivity contribution in [1.82, 2.24) is 5.32 Å². The Morgan fingerprint density at radius 1 is 0.535 bits per heavy atom. The molecule has 8 rings (SSSR count). The number of carbonyl (C=O) groups excluding carboxylic acids is 1. The number of aromatic hydroxyl groups is 3. The van der Waals surface area contributed by atoms with Crippen molar-refractivity contribution < 1.29 is 68.2 Å². The molecule has 6 N–H and O–H groups in total. The summed E-state index contributed by atoms with van der Waals surface area (Å²) in [4.78, 5) is 13.0. The first-order valence-electron chi connectivity index (χ1n) is 25.8. The Balaban J connectivity index is 0.817. The van der Waals surface area contributed by atoms with Gasteiger partial charge in [-0.3, -0.25) is 4.79 Å². The summed E-state index contributed by atoms with van der Waals surface area (Å²) >= 11 is 0. The molecular formula is C56H73NO14. The maximum absolute atomic E-state index is 13.0. The number of phenolic OH excluding ortho intramolecular Hbond substituents is 3. The monoisotopic (exact) mass is 984 g/mol. The molecule has 1 amide bonds. The highest BCUT2D eigenvalue weighted by Gasteiger charge is 2.36. The zero-order valence-electron chi connectivity index (χ0n) is 40.8. The standard InChI is InChI=1S/C56H73NO14/c1-36-30-40(69-55(65-36)47-23-6-9-26-50(47)61)20-13-21-41-34-45(67-52(66-41)35-57-53(63)37-14-3-2-4-15-37)32-39(59)17-12-19-43-33-42(70-56(71-43)48-24-7-10-27-51(48)62)18-11-16-38(58)31-44-28-29-64-54(68-44)46-22-5-8-25-49(46)60/h2-10,14-15,22-27,36,38-45,52,54-56,58-62H,11-13,16-21,28-35H2,1H3,(H,57,63). The van der Waals surface area contributed by atoms with Gasteiger partial charge in [-0.1, -0.05) is 72.8 Å². The molecule has 0 aromatic heterocycles. The van der Waals surface area contributed by atoms with Crippen LogP contribution in [0.25, 0.3) is 0 Å². The van der Waals surface area contributed by atoms with Crippen LogP contribution >= 0.6 is 0 Å². The van der Waals surface area contributed by atoms with Gasteiger partial charge in [-0.15, -0.1) is 0 Å². The number of para-hydroxylation sites is 3. The minimum atomic E-state index is -0.760. The molecule has 0 radical (unpaired) electrons. The average molecular weight is 984 g/mol. The summed E-state index contributed by atoms with van der Waals surface area (Å²) in [5.41, 5.74) is 2.29. The third-order valence-corrected chi connectivity index (χ3v) is 14.0. The van der Waals surface area contributed by atoms with Crippen LogP contribution in [0.5, 0.6) is 17.2 Å². The van der Waals surface area contributed by atoms with E-state index < -0.39 is 37.4 Å². The zero-order valence-corrected chi connectivity index (χ0v) is 40.8. The molecule has 0 aliphatic carbocycles. The molecule has 4 saturated heterocycles. The van der Waals surface area contributed by atoms with Crippen molar-refractivity contribution >= 4 is 5.91 Å². The molecule has 386 valence electrons. The summed E-state index contributed by atoms with van der Waals surface area (Å²) in [6, 6.07) is 30.1. The Morgan fingerprint density at radius 2 is 0.986 bits per heavy atom. The number of hydrogen-bond donors (Lipinski definition) is 6. The SMILES string of the molecule is CC1CC(CCCC2CC(CC(O)CCCC3CC(CCCC(O)CC4CCOC(c5ccccc5O)O4)OC(c4ccccc4O)O3)OC(CNC(=O)c3ccccc3)O2)OC(c2ccccc2O)O1. The predicted octanol–water partition coefficient (Wildman–Crippen LogP) is 9.32. The fourth-order valence-corrected chi connectivity index (χ4v) is 10.3. The number of amides is 1. The molecule has 71 heavy (non-hydrogen) atoms. The van der Waals surface area contributed by atoms with E-state index in [0.717, 1.165) is 25.7 Å². The van der Waals surface area contributed by atoms with Crippen LogP contribution in [0.1, 0.15) is 149 Å². The van der Waals surface area contributed by atoms with E-state index in [0.29, 0.717) is 99.5 Å². The fourth-order valence-electron chi connectivity index (χ4n) is 10.3. The lowest BCUT2D eigenvalue weighted by Crippen LogP contribution is -2.45. The number of phenols is 3. The minimum Gasteiger partial charge on any atom is -0.507 e. The van der Waals surface area contributed by atoms with Crippen molar-refractivity contribution in [3.63, 3.8) is 0 Å². The first-order chi connectivity index (χ1) is 34.5. The Bertz CT molecular complexity index is 2230. The quantitative estimate of drug-likeness (QED) is 0.0435. The molecule has 4 fully saturated rings. The van der Waals surface area contributed by atoms with Gasteiger partial charge in [0.1, 0.15) is 17.2 Å². The molecule has 15 nitrogen and oxygen atoms in total. The number of ether oxygens (including phenoxy) is 8. The maximum Gasteiger partial charge on any atom is 0.251 e. The largest absolute Gasteiger partial charge is 0.507 e. The first kappa shape index (κ1) is 52.7. The van der Waals surface area contributed by atoms with Gasteiger partial charge in [-0.2, -0.15) is 0 Å². The van der Waals surface area contributed by atoms with E-state index in [4.69, 9.17) is 37.9 Å². The number of hydrogen-bond acceptors (Lipinski definition) is 14. The van der Waals surface area contributed by atoms with Gasteiger partial charge >= 0.3 is 0 Å². The predicted molar refractivity (Wildman–Crippen MR) is 262 cm³/mol. The molecule has 4 aliphatic rings. The van der Waals surface area contributed by atoms with Crippen LogP contribution in [-0.4, -0.2) is 106 Å². The van der Waals surface area contributed by atoms with E-state index in [1.54, 1.807) is 60.7 Å². The highest BCUT2D eigenvalue weighted by molar-refractivity contribution is 5.94. The normalized spacial score (nSPS) is 29.0. The summed E-state index contributed by atoms with van der Waals surface area (Å²) < 4.78 is 50.0.